The van der Waals surface area contributed by atoms with Crippen molar-refractivity contribution in [3.8, 4) is 0 Å². The molecule has 0 aromatic carbocycles. The van der Waals surface area contributed by atoms with Crippen molar-refractivity contribution in [2.45, 2.75) is 33.7 Å². The van der Waals surface area contributed by atoms with E-state index in [-0.39, 0.29) is 24.0 Å². The van der Waals surface area contributed by atoms with Gasteiger partial charge in [0.05, 0.1) is 13.2 Å². The maximum Gasteiger partial charge on any atom is 0.191 e. The summed E-state index contributed by atoms with van der Waals surface area (Å²) >= 11 is 0. The Bertz CT molecular complexity index is 380. The maximum absolute atomic E-state index is 5.57. The predicted molar refractivity (Wildman–Crippen MR) is 104 cm³/mol. The summed E-state index contributed by atoms with van der Waals surface area (Å²) in [5.41, 5.74) is 0. The van der Waals surface area contributed by atoms with E-state index in [2.05, 4.69) is 53.4 Å². The zero-order valence-electron chi connectivity index (χ0n) is 14.0. The summed E-state index contributed by atoms with van der Waals surface area (Å²) in [7, 11) is 0. The Morgan fingerprint density at radius 1 is 1.18 bits per heavy atom. The Morgan fingerprint density at radius 3 is 2.55 bits per heavy atom. The number of nitrogens with zero attached hydrogens (tertiary/aromatic N) is 2. The van der Waals surface area contributed by atoms with E-state index in [4.69, 9.17) is 4.74 Å². The topological polar surface area (TPSA) is 50.6 Å². The van der Waals surface area contributed by atoms with E-state index < -0.39 is 0 Å². The second-order valence-electron chi connectivity index (χ2n) is 5.40. The van der Waals surface area contributed by atoms with Crippen molar-refractivity contribution in [3.63, 3.8) is 0 Å². The minimum Gasteiger partial charge on any atom is -0.380 e. The van der Waals surface area contributed by atoms with Crippen LogP contribution in [0.4, 0.5) is 0 Å². The molecule has 0 spiro atoms. The van der Waals surface area contributed by atoms with Crippen LogP contribution in [0.2, 0.25) is 0 Å². The van der Waals surface area contributed by atoms with Crippen molar-refractivity contribution < 1.29 is 4.74 Å². The van der Waals surface area contributed by atoms with Crippen molar-refractivity contribution in [2.24, 2.45) is 10.9 Å². The van der Waals surface area contributed by atoms with E-state index in [1.807, 2.05) is 12.1 Å². The van der Waals surface area contributed by atoms with Crippen LogP contribution in [0.1, 0.15) is 27.2 Å². The third kappa shape index (κ3) is 10.9. The van der Waals surface area contributed by atoms with Gasteiger partial charge >= 0.3 is 0 Å². The molecule has 0 unspecified atom stereocenters. The Labute approximate surface area is 151 Å². The molecule has 5 nitrogen and oxygen atoms in total. The van der Waals surface area contributed by atoms with Gasteiger partial charge in [-0.15, -0.1) is 24.0 Å². The average molecular weight is 422 g/mol. The first kappa shape index (κ1) is 21.2. The van der Waals surface area contributed by atoms with Gasteiger partial charge in [0.15, 0.2) is 5.96 Å². The van der Waals surface area contributed by atoms with Crippen LogP contribution in [0, 0.1) is 5.92 Å². The molecule has 128 valence electrons. The molecule has 2 N–H and O–H groups in total. The molecular formula is C16H31IN4O. The number of aliphatic imine (C=N–C) groups is 1. The van der Waals surface area contributed by atoms with Gasteiger partial charge in [0.1, 0.15) is 0 Å². The Kier molecular flexibility index (Phi) is 13.4. The first-order valence-electron chi connectivity index (χ1n) is 7.93. The quantitative estimate of drug-likeness (QED) is 0.264. The summed E-state index contributed by atoms with van der Waals surface area (Å²) in [5, 5.41) is 6.58. The van der Waals surface area contributed by atoms with Crippen LogP contribution >= 0.6 is 24.0 Å². The Balaban J connectivity index is 0.00000441. The fraction of sp³-hybridized carbons (Fsp3) is 0.688. The fourth-order valence-electron chi connectivity index (χ4n) is 1.81. The molecule has 0 bridgehead atoms. The average Bonchev–Trinajstić information content (AvgIpc) is 2.95. The number of hydrogen-bond donors (Lipinski definition) is 2. The van der Waals surface area contributed by atoms with E-state index in [9.17, 15) is 0 Å². The molecule has 0 aliphatic heterocycles. The lowest BCUT2D eigenvalue weighted by atomic mass is 10.1. The molecule has 0 amide bonds. The molecule has 1 heterocycles. The second-order valence-corrected chi connectivity index (χ2v) is 5.40. The monoisotopic (exact) mass is 422 g/mol. The molecule has 0 aliphatic carbocycles. The number of rotatable bonds is 10. The standard InChI is InChI=1S/C16H30N4O.HI/c1-4-17-16(18-8-12-20-10-5-6-11-20)19-9-14-21-13-7-15(2)3;/h5-6,10-11,15H,4,7-9,12-14H2,1-3H3,(H2,17,18,19);1H. The molecule has 6 heteroatoms. The van der Waals surface area contributed by atoms with Gasteiger partial charge in [-0.25, -0.2) is 0 Å². The Morgan fingerprint density at radius 2 is 1.91 bits per heavy atom. The van der Waals surface area contributed by atoms with Gasteiger partial charge in [-0.05, 0) is 31.4 Å². The highest BCUT2D eigenvalue weighted by Gasteiger charge is 1.97. The molecule has 0 aliphatic rings. The molecule has 0 saturated carbocycles. The highest BCUT2D eigenvalue weighted by atomic mass is 127. The van der Waals surface area contributed by atoms with Crippen molar-refractivity contribution in [1.82, 2.24) is 15.2 Å². The maximum atomic E-state index is 5.57. The number of halogens is 1. The van der Waals surface area contributed by atoms with Crippen molar-refractivity contribution >= 4 is 29.9 Å². The number of aromatic nitrogens is 1. The SMILES string of the molecule is CCNC(=NCCOCCC(C)C)NCCn1cccc1.I. The normalized spacial score (nSPS) is 11.4. The first-order chi connectivity index (χ1) is 10.2. The molecule has 0 atom stereocenters. The first-order valence-corrected chi connectivity index (χ1v) is 7.93. The number of nitrogens with one attached hydrogen (secondary N) is 2. The van der Waals surface area contributed by atoms with Crippen LogP contribution in [0.3, 0.4) is 0 Å². The van der Waals surface area contributed by atoms with Gasteiger partial charge in [-0.2, -0.15) is 0 Å². The summed E-state index contributed by atoms with van der Waals surface area (Å²) in [6.07, 6.45) is 5.24. The van der Waals surface area contributed by atoms with E-state index in [0.29, 0.717) is 19.1 Å². The van der Waals surface area contributed by atoms with Crippen LogP contribution in [0.25, 0.3) is 0 Å². The second kappa shape index (κ2) is 13.9. The van der Waals surface area contributed by atoms with Gasteiger partial charge in [-0.3, -0.25) is 4.99 Å². The van der Waals surface area contributed by atoms with Crippen LogP contribution in [-0.4, -0.2) is 43.4 Å². The zero-order valence-corrected chi connectivity index (χ0v) is 16.4. The predicted octanol–water partition coefficient (Wildman–Crippen LogP) is 2.72. The van der Waals surface area contributed by atoms with Crippen molar-refractivity contribution in [1.29, 1.82) is 0 Å². The van der Waals surface area contributed by atoms with Crippen LogP contribution in [0.5, 0.6) is 0 Å². The lowest BCUT2D eigenvalue weighted by molar-refractivity contribution is 0.130. The van der Waals surface area contributed by atoms with Gasteiger partial charge in [0.25, 0.3) is 0 Å². The number of hydrogen-bond acceptors (Lipinski definition) is 2. The summed E-state index contributed by atoms with van der Waals surface area (Å²) < 4.78 is 7.71. The molecule has 1 rings (SSSR count). The summed E-state index contributed by atoms with van der Waals surface area (Å²) in [5.74, 6) is 1.55. The van der Waals surface area contributed by atoms with Crippen LogP contribution in [-0.2, 0) is 11.3 Å². The van der Waals surface area contributed by atoms with E-state index in [1.165, 1.54) is 0 Å². The minimum absolute atomic E-state index is 0. The summed E-state index contributed by atoms with van der Waals surface area (Å²) in [6, 6.07) is 4.07. The molecule has 1 aromatic rings. The number of ether oxygens (including phenoxy) is 1. The van der Waals surface area contributed by atoms with Crippen molar-refractivity contribution in [3.05, 3.63) is 24.5 Å². The smallest absolute Gasteiger partial charge is 0.191 e. The van der Waals surface area contributed by atoms with E-state index in [1.54, 1.807) is 0 Å². The number of guanidine groups is 1. The third-order valence-corrected chi connectivity index (χ3v) is 3.02. The zero-order chi connectivity index (χ0) is 15.3. The third-order valence-electron chi connectivity index (χ3n) is 3.02. The molecule has 0 fully saturated rings. The van der Waals surface area contributed by atoms with Crippen LogP contribution in [0.15, 0.2) is 29.5 Å². The lowest BCUT2D eigenvalue weighted by Gasteiger charge is -2.12. The molecule has 1 aromatic heterocycles. The van der Waals surface area contributed by atoms with Gasteiger partial charge in [-0.1, -0.05) is 13.8 Å². The van der Waals surface area contributed by atoms with E-state index in [0.717, 1.165) is 38.6 Å². The van der Waals surface area contributed by atoms with Crippen LogP contribution < -0.4 is 10.6 Å². The summed E-state index contributed by atoms with van der Waals surface area (Å²) in [6.45, 7) is 11.3. The summed E-state index contributed by atoms with van der Waals surface area (Å²) in [4.78, 5) is 4.51. The minimum atomic E-state index is 0. The van der Waals surface area contributed by atoms with Gasteiger partial charge < -0.3 is 19.9 Å². The molecular weight excluding hydrogens is 391 g/mol. The van der Waals surface area contributed by atoms with Gasteiger partial charge in [0.2, 0.25) is 0 Å². The molecule has 0 saturated heterocycles. The fourth-order valence-corrected chi connectivity index (χ4v) is 1.81. The highest BCUT2D eigenvalue weighted by Crippen LogP contribution is 1.98. The molecule has 22 heavy (non-hydrogen) atoms. The van der Waals surface area contributed by atoms with Gasteiger partial charge in [0, 0.05) is 38.6 Å². The molecule has 0 radical (unpaired) electrons. The lowest BCUT2D eigenvalue weighted by Crippen LogP contribution is -2.39. The highest BCUT2D eigenvalue weighted by molar-refractivity contribution is 14.0. The Hall–Kier alpha value is -0.760. The van der Waals surface area contributed by atoms with Crippen molar-refractivity contribution in [2.75, 3.05) is 32.8 Å². The van der Waals surface area contributed by atoms with E-state index >= 15 is 0 Å². The largest absolute Gasteiger partial charge is 0.380 e.